The van der Waals surface area contributed by atoms with E-state index in [9.17, 15) is 5.11 Å². The minimum atomic E-state index is 0.245. The molecule has 0 radical (unpaired) electrons. The van der Waals surface area contributed by atoms with Crippen molar-refractivity contribution in [1.82, 2.24) is 0 Å². The Bertz CT molecular complexity index is 490. The standard InChI is InChI=1S/C17H23BrO/c1-11-5-6-12(2)17(3,4)15(11)9-13-7-8-14(18)10-16(13)19/h7-8,10,12,15,19H,1,5-6,9H2,2-4H3/t12?,15-/m1/s1. The smallest absolute Gasteiger partial charge is 0.119 e. The van der Waals surface area contributed by atoms with Crippen LogP contribution < -0.4 is 0 Å². The van der Waals surface area contributed by atoms with Crippen LogP contribution in [0.25, 0.3) is 0 Å². The van der Waals surface area contributed by atoms with Gasteiger partial charge in [-0.1, -0.05) is 54.9 Å². The van der Waals surface area contributed by atoms with E-state index < -0.39 is 0 Å². The first-order valence-electron chi connectivity index (χ1n) is 6.97. The largest absolute Gasteiger partial charge is 0.508 e. The molecule has 104 valence electrons. The van der Waals surface area contributed by atoms with Gasteiger partial charge in [0.1, 0.15) is 5.75 Å². The Morgan fingerprint density at radius 3 is 2.74 bits per heavy atom. The van der Waals surface area contributed by atoms with Gasteiger partial charge in [0.25, 0.3) is 0 Å². The fraction of sp³-hybridized carbons (Fsp3) is 0.529. The summed E-state index contributed by atoms with van der Waals surface area (Å²) in [5.74, 6) is 1.53. The third-order valence-electron chi connectivity index (χ3n) is 5.03. The minimum Gasteiger partial charge on any atom is -0.508 e. The fourth-order valence-electron chi connectivity index (χ4n) is 3.15. The van der Waals surface area contributed by atoms with Crippen LogP contribution in [-0.2, 0) is 6.42 Å². The third-order valence-corrected chi connectivity index (χ3v) is 5.52. The summed E-state index contributed by atoms with van der Waals surface area (Å²) in [4.78, 5) is 0. The molecule has 1 aliphatic carbocycles. The van der Waals surface area contributed by atoms with Crippen molar-refractivity contribution in [3.05, 3.63) is 40.4 Å². The van der Waals surface area contributed by atoms with Crippen LogP contribution in [0.5, 0.6) is 5.75 Å². The highest BCUT2D eigenvalue weighted by molar-refractivity contribution is 9.10. The van der Waals surface area contributed by atoms with E-state index in [1.807, 2.05) is 12.1 Å². The lowest BCUT2D eigenvalue weighted by Gasteiger charge is -2.45. The summed E-state index contributed by atoms with van der Waals surface area (Å²) in [5.41, 5.74) is 2.61. The molecule has 2 heteroatoms. The topological polar surface area (TPSA) is 20.2 Å². The predicted molar refractivity (Wildman–Crippen MR) is 84.3 cm³/mol. The molecule has 0 saturated heterocycles. The number of rotatable bonds is 2. The second-order valence-electron chi connectivity index (χ2n) is 6.45. The first kappa shape index (κ1) is 14.6. The zero-order valence-corrected chi connectivity index (χ0v) is 13.6. The number of benzene rings is 1. The Kier molecular flexibility index (Phi) is 4.10. The summed E-state index contributed by atoms with van der Waals surface area (Å²) in [5, 5.41) is 10.1. The molecule has 0 heterocycles. The first-order chi connectivity index (χ1) is 8.82. The van der Waals surface area contributed by atoms with Gasteiger partial charge in [0.05, 0.1) is 0 Å². The molecule has 19 heavy (non-hydrogen) atoms. The van der Waals surface area contributed by atoms with E-state index in [0.29, 0.717) is 17.6 Å². The molecule has 0 spiro atoms. The lowest BCUT2D eigenvalue weighted by Crippen LogP contribution is -2.37. The Balaban J connectivity index is 2.27. The Morgan fingerprint density at radius 2 is 2.11 bits per heavy atom. The van der Waals surface area contributed by atoms with Crippen molar-refractivity contribution in [1.29, 1.82) is 0 Å². The summed E-state index contributed by atoms with van der Waals surface area (Å²) in [7, 11) is 0. The first-order valence-corrected chi connectivity index (χ1v) is 7.76. The maximum Gasteiger partial charge on any atom is 0.119 e. The van der Waals surface area contributed by atoms with Crippen LogP contribution in [0, 0.1) is 17.3 Å². The molecule has 1 saturated carbocycles. The molecule has 1 unspecified atom stereocenters. The molecule has 0 aliphatic heterocycles. The second kappa shape index (κ2) is 5.32. The van der Waals surface area contributed by atoms with Crippen molar-refractivity contribution in [2.75, 3.05) is 0 Å². The number of phenolic OH excluding ortho intramolecular Hbond substituents is 1. The maximum absolute atomic E-state index is 10.1. The van der Waals surface area contributed by atoms with E-state index in [1.165, 1.54) is 12.0 Å². The molecule has 0 aromatic heterocycles. The molecular weight excluding hydrogens is 300 g/mol. The van der Waals surface area contributed by atoms with Gasteiger partial charge in [-0.25, -0.2) is 0 Å². The van der Waals surface area contributed by atoms with E-state index >= 15 is 0 Å². The highest BCUT2D eigenvalue weighted by Crippen LogP contribution is 2.48. The van der Waals surface area contributed by atoms with Crippen molar-refractivity contribution >= 4 is 15.9 Å². The number of hydrogen-bond donors (Lipinski definition) is 1. The quantitative estimate of drug-likeness (QED) is 0.730. The van der Waals surface area contributed by atoms with Crippen LogP contribution in [0.2, 0.25) is 0 Å². The summed E-state index contributed by atoms with van der Waals surface area (Å²) in [6.07, 6.45) is 3.23. The number of aromatic hydroxyl groups is 1. The van der Waals surface area contributed by atoms with Crippen molar-refractivity contribution in [3.8, 4) is 5.75 Å². The van der Waals surface area contributed by atoms with Crippen molar-refractivity contribution in [2.45, 2.75) is 40.0 Å². The maximum atomic E-state index is 10.1. The Morgan fingerprint density at radius 1 is 1.42 bits per heavy atom. The Labute approximate surface area is 124 Å². The third kappa shape index (κ3) is 2.89. The Hall–Kier alpha value is -0.760. The van der Waals surface area contributed by atoms with Gasteiger partial charge < -0.3 is 5.11 Å². The SMILES string of the molecule is C=C1CCC(C)C(C)(C)[C@@H]1Cc1ccc(Br)cc1O. The molecule has 1 N–H and O–H groups in total. The van der Waals surface area contributed by atoms with Crippen LogP contribution in [0.15, 0.2) is 34.8 Å². The lowest BCUT2D eigenvalue weighted by molar-refractivity contribution is 0.112. The van der Waals surface area contributed by atoms with Gasteiger partial charge in [-0.15, -0.1) is 0 Å². The van der Waals surface area contributed by atoms with Gasteiger partial charge in [-0.2, -0.15) is 0 Å². The van der Waals surface area contributed by atoms with Crippen molar-refractivity contribution in [3.63, 3.8) is 0 Å². The predicted octanol–water partition coefficient (Wildman–Crippen LogP) is 5.33. The van der Waals surface area contributed by atoms with E-state index in [2.05, 4.69) is 43.3 Å². The monoisotopic (exact) mass is 322 g/mol. The molecule has 1 aromatic rings. The van der Waals surface area contributed by atoms with Crippen LogP contribution in [0.4, 0.5) is 0 Å². The number of allylic oxidation sites excluding steroid dienone is 1. The number of halogens is 1. The molecule has 2 atom stereocenters. The van der Waals surface area contributed by atoms with Gasteiger partial charge >= 0.3 is 0 Å². The van der Waals surface area contributed by atoms with Crippen LogP contribution in [0.1, 0.15) is 39.2 Å². The van der Waals surface area contributed by atoms with Crippen LogP contribution >= 0.6 is 15.9 Å². The molecule has 1 nitrogen and oxygen atoms in total. The van der Waals surface area contributed by atoms with Gasteiger partial charge in [-0.05, 0) is 54.2 Å². The van der Waals surface area contributed by atoms with E-state index in [1.54, 1.807) is 6.07 Å². The average molecular weight is 323 g/mol. The molecule has 0 bridgehead atoms. The molecule has 1 fully saturated rings. The average Bonchev–Trinajstić information content (AvgIpc) is 2.32. The summed E-state index contributed by atoms with van der Waals surface area (Å²) >= 11 is 3.39. The van der Waals surface area contributed by atoms with Crippen molar-refractivity contribution < 1.29 is 5.11 Å². The lowest BCUT2D eigenvalue weighted by atomic mass is 9.60. The molecule has 1 aliphatic rings. The van der Waals surface area contributed by atoms with Gasteiger partial charge in [0, 0.05) is 4.47 Å². The van der Waals surface area contributed by atoms with Gasteiger partial charge in [0.15, 0.2) is 0 Å². The van der Waals surface area contributed by atoms with E-state index in [4.69, 9.17) is 0 Å². The summed E-state index contributed by atoms with van der Waals surface area (Å²) in [6, 6.07) is 5.79. The highest BCUT2D eigenvalue weighted by atomic mass is 79.9. The van der Waals surface area contributed by atoms with Crippen LogP contribution in [0.3, 0.4) is 0 Å². The number of phenols is 1. The fourth-order valence-corrected chi connectivity index (χ4v) is 3.50. The van der Waals surface area contributed by atoms with E-state index in [-0.39, 0.29) is 5.41 Å². The summed E-state index contributed by atoms with van der Waals surface area (Å²) < 4.78 is 0.920. The van der Waals surface area contributed by atoms with Gasteiger partial charge in [-0.3, -0.25) is 0 Å². The zero-order chi connectivity index (χ0) is 14.2. The second-order valence-corrected chi connectivity index (χ2v) is 7.36. The molecule has 2 rings (SSSR count). The summed E-state index contributed by atoms with van der Waals surface area (Å²) in [6.45, 7) is 11.3. The van der Waals surface area contributed by atoms with Crippen LogP contribution in [-0.4, -0.2) is 5.11 Å². The molecule has 0 amide bonds. The van der Waals surface area contributed by atoms with Crippen molar-refractivity contribution in [2.24, 2.45) is 17.3 Å². The van der Waals surface area contributed by atoms with Gasteiger partial charge in [0.2, 0.25) is 0 Å². The zero-order valence-electron chi connectivity index (χ0n) is 12.0. The molecule has 1 aromatic carbocycles. The minimum absolute atomic E-state index is 0.245. The highest BCUT2D eigenvalue weighted by Gasteiger charge is 2.39. The van der Waals surface area contributed by atoms with E-state index in [0.717, 1.165) is 22.9 Å². The normalized spacial score (nSPS) is 26.4. The molecular formula is C17H23BrO. The number of hydrogen-bond acceptors (Lipinski definition) is 1.